The minimum Gasteiger partial charge on any atom is -0.503 e. The second-order valence-electron chi connectivity index (χ2n) is 7.54. The predicted molar refractivity (Wildman–Crippen MR) is 108 cm³/mol. The molecule has 0 radical (unpaired) electrons. The molecule has 1 aromatic carbocycles. The van der Waals surface area contributed by atoms with Crippen molar-refractivity contribution in [2.75, 3.05) is 7.11 Å². The van der Waals surface area contributed by atoms with E-state index < -0.39 is 0 Å². The number of aromatic hydroxyl groups is 1. The van der Waals surface area contributed by atoms with Crippen molar-refractivity contribution in [2.45, 2.75) is 40.0 Å². The molecule has 26 heavy (non-hydrogen) atoms. The van der Waals surface area contributed by atoms with Crippen LogP contribution in [0, 0.1) is 12.3 Å². The van der Waals surface area contributed by atoms with E-state index in [-0.39, 0.29) is 22.3 Å². The highest BCUT2D eigenvalue weighted by Crippen LogP contribution is 2.41. The molecule has 0 spiro atoms. The maximum absolute atomic E-state index is 12.8. The van der Waals surface area contributed by atoms with Gasteiger partial charge in [-0.05, 0) is 66.5 Å². The van der Waals surface area contributed by atoms with Gasteiger partial charge in [0.05, 0.1) is 17.0 Å². The number of thiophene rings is 1. The molecule has 1 aromatic heterocycles. The molecule has 1 heterocycles. The summed E-state index contributed by atoms with van der Waals surface area (Å²) in [6.07, 6.45) is 6.38. The van der Waals surface area contributed by atoms with Crippen LogP contribution in [0.25, 0.3) is 6.08 Å². The first-order valence-electron chi connectivity index (χ1n) is 8.62. The summed E-state index contributed by atoms with van der Waals surface area (Å²) in [6, 6.07) is 3.27. The van der Waals surface area contributed by atoms with Crippen LogP contribution in [-0.4, -0.2) is 18.0 Å². The average molecular weight is 391 g/mol. The molecule has 2 aromatic rings. The molecule has 0 atom stereocenters. The molecule has 0 amide bonds. The third kappa shape index (κ3) is 3.67. The number of fused-ring (bicyclic) bond motifs is 1. The molecule has 0 unspecified atom stereocenters. The first-order chi connectivity index (χ1) is 12.2. The summed E-state index contributed by atoms with van der Waals surface area (Å²) in [4.78, 5) is 14.9. The van der Waals surface area contributed by atoms with Crippen LogP contribution < -0.4 is 4.74 Å². The number of benzene rings is 1. The second kappa shape index (κ2) is 7.09. The number of rotatable bonds is 4. The zero-order chi connectivity index (χ0) is 19.1. The normalized spacial score (nSPS) is 15.9. The molecule has 1 N–H and O–H groups in total. The number of hydrogen-bond acceptors (Lipinski definition) is 4. The summed E-state index contributed by atoms with van der Waals surface area (Å²) < 4.78 is 5.10. The van der Waals surface area contributed by atoms with Gasteiger partial charge in [-0.2, -0.15) is 0 Å². The smallest absolute Gasteiger partial charge is 0.196 e. The fourth-order valence-electron chi connectivity index (χ4n) is 3.44. The highest BCUT2D eigenvalue weighted by molar-refractivity contribution is 7.14. The average Bonchev–Trinajstić information content (AvgIpc) is 2.90. The molecule has 3 nitrogen and oxygen atoms in total. The molecule has 0 saturated heterocycles. The van der Waals surface area contributed by atoms with E-state index in [1.165, 1.54) is 23.1 Å². The van der Waals surface area contributed by atoms with E-state index in [1.54, 1.807) is 35.6 Å². The third-order valence-corrected chi connectivity index (χ3v) is 6.44. The van der Waals surface area contributed by atoms with Gasteiger partial charge >= 0.3 is 0 Å². The fraction of sp³-hybridized carbons (Fsp3) is 0.381. The van der Waals surface area contributed by atoms with E-state index in [9.17, 15) is 9.90 Å². The zero-order valence-electron chi connectivity index (χ0n) is 15.5. The topological polar surface area (TPSA) is 46.5 Å². The Morgan fingerprint density at radius 1 is 1.35 bits per heavy atom. The van der Waals surface area contributed by atoms with Crippen LogP contribution in [-0.2, 0) is 12.8 Å². The Balaban J connectivity index is 1.88. The Kier molecular flexibility index (Phi) is 5.18. The van der Waals surface area contributed by atoms with Gasteiger partial charge in [-0.15, -0.1) is 11.3 Å². The number of aryl methyl sites for hydroxylation is 1. The number of carbonyl (C=O) groups is 1. The molecule has 138 valence electrons. The van der Waals surface area contributed by atoms with Crippen LogP contribution in [0.3, 0.4) is 0 Å². The summed E-state index contributed by atoms with van der Waals surface area (Å²) in [7, 11) is 1.46. The van der Waals surface area contributed by atoms with E-state index >= 15 is 0 Å². The van der Waals surface area contributed by atoms with Gasteiger partial charge in [0.1, 0.15) is 0 Å². The van der Waals surface area contributed by atoms with Gasteiger partial charge < -0.3 is 9.84 Å². The van der Waals surface area contributed by atoms with Crippen LogP contribution in [0.5, 0.6) is 11.5 Å². The van der Waals surface area contributed by atoms with Crippen molar-refractivity contribution < 1.29 is 14.6 Å². The summed E-state index contributed by atoms with van der Waals surface area (Å²) >= 11 is 7.60. The molecule has 1 aliphatic carbocycles. The Morgan fingerprint density at radius 3 is 2.77 bits per heavy atom. The van der Waals surface area contributed by atoms with Gasteiger partial charge in [-0.1, -0.05) is 31.5 Å². The van der Waals surface area contributed by atoms with Crippen molar-refractivity contribution >= 4 is 34.8 Å². The van der Waals surface area contributed by atoms with Crippen molar-refractivity contribution in [3.63, 3.8) is 0 Å². The number of phenols is 1. The number of hydrogen-bond donors (Lipinski definition) is 1. The Hall–Kier alpha value is -1.78. The van der Waals surface area contributed by atoms with Gasteiger partial charge in [0.25, 0.3) is 0 Å². The number of phenolic OH excluding ortho intramolecular Hbond substituents is 1. The molecule has 5 heteroatoms. The number of allylic oxidation sites excluding steroid dienone is 1. The largest absolute Gasteiger partial charge is 0.503 e. The van der Waals surface area contributed by atoms with Crippen LogP contribution in [0.1, 0.15) is 51.5 Å². The van der Waals surface area contributed by atoms with Gasteiger partial charge in [0, 0.05) is 4.88 Å². The van der Waals surface area contributed by atoms with E-state index in [4.69, 9.17) is 16.3 Å². The fourth-order valence-corrected chi connectivity index (χ4v) is 4.80. The molecule has 0 fully saturated rings. The summed E-state index contributed by atoms with van der Waals surface area (Å²) in [5.74, 6) is 0.210. The zero-order valence-corrected chi connectivity index (χ0v) is 17.1. The number of carbonyl (C=O) groups excluding carboxylic acids is 1. The van der Waals surface area contributed by atoms with Crippen molar-refractivity contribution in [3.05, 3.63) is 49.7 Å². The number of ether oxygens (including phenoxy) is 1. The molecule has 3 rings (SSSR count). The van der Waals surface area contributed by atoms with Gasteiger partial charge in [-0.25, -0.2) is 0 Å². The van der Waals surface area contributed by atoms with E-state index in [2.05, 4.69) is 20.8 Å². The van der Waals surface area contributed by atoms with E-state index in [1.807, 2.05) is 0 Å². The van der Waals surface area contributed by atoms with Crippen LogP contribution >= 0.6 is 22.9 Å². The molecular weight excluding hydrogens is 368 g/mol. The van der Waals surface area contributed by atoms with Crippen molar-refractivity contribution in [1.82, 2.24) is 0 Å². The van der Waals surface area contributed by atoms with Crippen molar-refractivity contribution in [1.29, 1.82) is 0 Å². The van der Waals surface area contributed by atoms with Gasteiger partial charge in [0.15, 0.2) is 17.3 Å². The quantitative estimate of drug-likeness (QED) is 0.527. The lowest BCUT2D eigenvalue weighted by molar-refractivity contribution is 0.105. The highest BCUT2D eigenvalue weighted by atomic mass is 35.5. The molecule has 0 aliphatic heterocycles. The lowest BCUT2D eigenvalue weighted by Gasteiger charge is -2.30. The minimum atomic E-state index is -0.0943. The molecule has 1 aliphatic rings. The Labute approximate surface area is 163 Å². The van der Waals surface area contributed by atoms with E-state index in [0.29, 0.717) is 11.0 Å². The van der Waals surface area contributed by atoms with Crippen molar-refractivity contribution in [3.8, 4) is 11.5 Å². The maximum atomic E-state index is 12.8. The van der Waals surface area contributed by atoms with Gasteiger partial charge in [-0.3, -0.25) is 4.79 Å². The monoisotopic (exact) mass is 390 g/mol. The minimum absolute atomic E-state index is 0.0159. The first-order valence-corrected chi connectivity index (χ1v) is 9.81. The van der Waals surface area contributed by atoms with Crippen molar-refractivity contribution in [2.24, 2.45) is 5.41 Å². The van der Waals surface area contributed by atoms with E-state index in [0.717, 1.165) is 24.1 Å². The Morgan fingerprint density at radius 2 is 2.08 bits per heavy atom. The lowest BCUT2D eigenvalue weighted by Crippen LogP contribution is -2.22. The number of ketones is 1. The third-order valence-electron chi connectivity index (χ3n) is 4.95. The summed E-state index contributed by atoms with van der Waals surface area (Å²) in [6.45, 7) is 6.68. The lowest BCUT2D eigenvalue weighted by atomic mass is 9.74. The number of methoxy groups -OCH3 is 1. The first kappa shape index (κ1) is 19.0. The molecule has 0 saturated carbocycles. The van der Waals surface area contributed by atoms with Crippen LogP contribution in [0.15, 0.2) is 18.2 Å². The maximum Gasteiger partial charge on any atom is 0.196 e. The van der Waals surface area contributed by atoms with Gasteiger partial charge in [0.2, 0.25) is 0 Å². The SMILES string of the molecule is COc1cc(/C=C/C(=O)c2sc(C)c3c2CCC(C)(C)C3)cc(Cl)c1O. The molecule has 0 bridgehead atoms. The Bertz CT molecular complexity index is 893. The highest BCUT2D eigenvalue weighted by Gasteiger charge is 2.30. The predicted octanol–water partition coefficient (Wildman–Crippen LogP) is 5.84. The van der Waals surface area contributed by atoms with Crippen LogP contribution in [0.2, 0.25) is 5.02 Å². The second-order valence-corrected chi connectivity index (χ2v) is 9.17. The molecular formula is C21H23ClO3S. The standard InChI is InChI=1S/C21H23ClO3S/c1-12-15-11-21(2,3)8-7-14(15)20(26-12)17(23)6-5-13-9-16(22)19(24)18(10-13)25-4/h5-6,9-10,24H,7-8,11H2,1-4H3/b6-5+. The summed E-state index contributed by atoms with van der Waals surface area (Å²) in [5, 5.41) is 10.0. The summed E-state index contributed by atoms with van der Waals surface area (Å²) in [5.41, 5.74) is 3.59. The van der Waals surface area contributed by atoms with Crippen LogP contribution in [0.4, 0.5) is 0 Å². The number of halogens is 1.